The minimum atomic E-state index is 0. The van der Waals surface area contributed by atoms with Gasteiger partial charge in [-0.05, 0) is 37.1 Å². The number of halogens is 1. The quantitative estimate of drug-likeness (QED) is 0.335. The Bertz CT molecular complexity index is 884. The van der Waals surface area contributed by atoms with Crippen molar-refractivity contribution in [2.75, 3.05) is 59.6 Å². The van der Waals surface area contributed by atoms with Gasteiger partial charge in [-0.2, -0.15) is 0 Å². The molecule has 2 aliphatic rings. The molecule has 1 N–H and O–H groups in total. The largest absolute Gasteiger partial charge is 0.379 e. The second-order valence-corrected chi connectivity index (χ2v) is 9.52. The van der Waals surface area contributed by atoms with Gasteiger partial charge in [0.2, 0.25) is 0 Å². The number of nitrogens with one attached hydrogen (secondary N) is 1. The Labute approximate surface area is 213 Å². The van der Waals surface area contributed by atoms with Gasteiger partial charge in [0.25, 0.3) is 0 Å². The fourth-order valence-corrected chi connectivity index (χ4v) is 5.44. The average Bonchev–Trinajstić information content (AvgIpc) is 3.23. The Morgan fingerprint density at radius 2 is 1.91 bits per heavy atom. The molecular weight excluding hydrogens is 535 g/mol. The summed E-state index contributed by atoms with van der Waals surface area (Å²) >= 11 is 1.89. The lowest BCUT2D eigenvalue weighted by atomic mass is 10.0. The number of rotatable bonds is 5. The molecule has 0 aliphatic carbocycles. The SMILES string of the molecule is CN=C(NCC(c1ccc(C)s1)N1CCOCC1)N1CCOC(c2ccccc2C)C1.I. The van der Waals surface area contributed by atoms with E-state index in [4.69, 9.17) is 9.47 Å². The van der Waals surface area contributed by atoms with E-state index in [-0.39, 0.29) is 30.1 Å². The molecule has 2 atom stereocenters. The number of nitrogens with zero attached hydrogens (tertiary/aromatic N) is 3. The molecule has 3 heterocycles. The normalized spacial score (nSPS) is 21.2. The highest BCUT2D eigenvalue weighted by molar-refractivity contribution is 14.0. The van der Waals surface area contributed by atoms with Gasteiger partial charge in [-0.15, -0.1) is 35.3 Å². The Kier molecular flexibility index (Phi) is 9.78. The summed E-state index contributed by atoms with van der Waals surface area (Å²) in [5.41, 5.74) is 2.54. The molecule has 0 radical (unpaired) electrons. The van der Waals surface area contributed by atoms with E-state index >= 15 is 0 Å². The van der Waals surface area contributed by atoms with Gasteiger partial charge in [-0.3, -0.25) is 9.89 Å². The first-order valence-corrected chi connectivity index (χ1v) is 12.0. The van der Waals surface area contributed by atoms with Gasteiger partial charge in [0.05, 0.1) is 32.4 Å². The van der Waals surface area contributed by atoms with Crippen molar-refractivity contribution in [3.05, 3.63) is 57.3 Å². The van der Waals surface area contributed by atoms with Crippen molar-refractivity contribution in [1.82, 2.24) is 15.1 Å². The molecule has 2 unspecified atom stereocenters. The Morgan fingerprint density at radius 3 is 2.59 bits per heavy atom. The number of guanidine groups is 1. The summed E-state index contributed by atoms with van der Waals surface area (Å²) in [5, 5.41) is 3.68. The molecule has 2 fully saturated rings. The van der Waals surface area contributed by atoms with E-state index in [9.17, 15) is 0 Å². The van der Waals surface area contributed by atoms with Crippen molar-refractivity contribution in [3.8, 4) is 0 Å². The molecule has 0 saturated carbocycles. The highest BCUT2D eigenvalue weighted by atomic mass is 127. The van der Waals surface area contributed by atoms with Crippen LogP contribution in [-0.4, -0.2) is 75.4 Å². The van der Waals surface area contributed by atoms with Gasteiger partial charge >= 0.3 is 0 Å². The molecule has 2 aliphatic heterocycles. The molecule has 176 valence electrons. The Morgan fingerprint density at radius 1 is 1.12 bits per heavy atom. The number of aliphatic imine (C=N–C) groups is 1. The zero-order valence-electron chi connectivity index (χ0n) is 19.3. The Hall–Kier alpha value is -1.20. The molecule has 2 aromatic rings. The van der Waals surface area contributed by atoms with Crippen LogP contribution in [0.4, 0.5) is 0 Å². The summed E-state index contributed by atoms with van der Waals surface area (Å²) in [7, 11) is 1.87. The van der Waals surface area contributed by atoms with Crippen LogP contribution in [0, 0.1) is 13.8 Å². The van der Waals surface area contributed by atoms with Gasteiger partial charge in [-0.1, -0.05) is 24.3 Å². The van der Waals surface area contributed by atoms with Crippen LogP contribution in [0.25, 0.3) is 0 Å². The number of hydrogen-bond acceptors (Lipinski definition) is 5. The molecular formula is C24H35IN4O2S. The number of ether oxygens (including phenoxy) is 2. The second-order valence-electron chi connectivity index (χ2n) is 8.20. The maximum absolute atomic E-state index is 6.12. The zero-order valence-corrected chi connectivity index (χ0v) is 22.4. The molecule has 8 heteroatoms. The molecule has 1 aromatic heterocycles. The van der Waals surface area contributed by atoms with Gasteiger partial charge < -0.3 is 19.7 Å². The first kappa shape index (κ1) is 25.4. The monoisotopic (exact) mass is 570 g/mol. The van der Waals surface area contributed by atoms with Crippen molar-refractivity contribution in [2.45, 2.75) is 26.0 Å². The van der Waals surface area contributed by atoms with Crippen molar-refractivity contribution in [1.29, 1.82) is 0 Å². The summed E-state index contributed by atoms with van der Waals surface area (Å²) in [6, 6.07) is 13.3. The fourth-order valence-electron chi connectivity index (χ4n) is 4.43. The number of morpholine rings is 2. The fraction of sp³-hybridized carbons (Fsp3) is 0.542. The Balaban J connectivity index is 0.00000289. The second kappa shape index (κ2) is 12.3. The lowest BCUT2D eigenvalue weighted by Gasteiger charge is -2.38. The highest BCUT2D eigenvalue weighted by Crippen LogP contribution is 2.28. The molecule has 0 spiro atoms. The molecule has 1 aromatic carbocycles. The third-order valence-corrected chi connectivity index (χ3v) is 7.24. The maximum Gasteiger partial charge on any atom is 0.193 e. The summed E-state index contributed by atoms with van der Waals surface area (Å²) in [5.74, 6) is 0.952. The molecule has 4 rings (SSSR count). The van der Waals surface area contributed by atoms with Crippen LogP contribution < -0.4 is 5.32 Å². The predicted molar refractivity (Wildman–Crippen MR) is 142 cm³/mol. The van der Waals surface area contributed by atoms with Crippen LogP contribution in [-0.2, 0) is 9.47 Å². The van der Waals surface area contributed by atoms with E-state index in [1.165, 1.54) is 20.9 Å². The van der Waals surface area contributed by atoms with Crippen LogP contribution >= 0.6 is 35.3 Å². The minimum Gasteiger partial charge on any atom is -0.379 e. The summed E-state index contributed by atoms with van der Waals surface area (Å²) < 4.78 is 11.7. The maximum atomic E-state index is 6.12. The van der Waals surface area contributed by atoms with Crippen LogP contribution in [0.1, 0.15) is 33.0 Å². The lowest BCUT2D eigenvalue weighted by Crippen LogP contribution is -2.50. The van der Waals surface area contributed by atoms with E-state index in [0.717, 1.165) is 51.9 Å². The first-order chi connectivity index (χ1) is 15.2. The van der Waals surface area contributed by atoms with Crippen molar-refractivity contribution in [2.24, 2.45) is 4.99 Å². The molecule has 0 amide bonds. The smallest absolute Gasteiger partial charge is 0.193 e. The minimum absolute atomic E-state index is 0. The molecule has 0 bridgehead atoms. The van der Waals surface area contributed by atoms with Gasteiger partial charge in [-0.25, -0.2) is 0 Å². The van der Waals surface area contributed by atoms with E-state index in [1.54, 1.807) is 0 Å². The molecule has 6 nitrogen and oxygen atoms in total. The highest BCUT2D eigenvalue weighted by Gasteiger charge is 2.28. The number of thiophene rings is 1. The van der Waals surface area contributed by atoms with Crippen LogP contribution in [0.3, 0.4) is 0 Å². The van der Waals surface area contributed by atoms with Crippen molar-refractivity contribution >= 4 is 41.3 Å². The molecule has 2 saturated heterocycles. The summed E-state index contributed by atoms with van der Waals surface area (Å²) in [6.07, 6.45) is 0.0727. The topological polar surface area (TPSA) is 49.3 Å². The zero-order chi connectivity index (χ0) is 21.6. The van der Waals surface area contributed by atoms with Crippen LogP contribution in [0.2, 0.25) is 0 Å². The van der Waals surface area contributed by atoms with E-state index < -0.39 is 0 Å². The van der Waals surface area contributed by atoms with E-state index in [1.807, 2.05) is 18.4 Å². The van der Waals surface area contributed by atoms with Gasteiger partial charge in [0.15, 0.2) is 5.96 Å². The summed E-state index contributed by atoms with van der Waals surface area (Å²) in [6.45, 7) is 11.1. The molecule has 32 heavy (non-hydrogen) atoms. The van der Waals surface area contributed by atoms with E-state index in [2.05, 4.69) is 70.4 Å². The van der Waals surface area contributed by atoms with Crippen LogP contribution in [0.15, 0.2) is 41.4 Å². The van der Waals surface area contributed by atoms with Crippen molar-refractivity contribution < 1.29 is 9.47 Å². The van der Waals surface area contributed by atoms with Gasteiger partial charge in [0.1, 0.15) is 6.10 Å². The predicted octanol–water partition coefficient (Wildman–Crippen LogP) is 4.01. The number of benzene rings is 1. The third kappa shape index (κ3) is 6.22. The third-order valence-electron chi connectivity index (χ3n) is 6.14. The number of aryl methyl sites for hydroxylation is 2. The van der Waals surface area contributed by atoms with E-state index in [0.29, 0.717) is 12.6 Å². The van der Waals surface area contributed by atoms with Crippen LogP contribution in [0.5, 0.6) is 0 Å². The van der Waals surface area contributed by atoms with Crippen molar-refractivity contribution in [3.63, 3.8) is 0 Å². The van der Waals surface area contributed by atoms with Gasteiger partial charge in [0, 0.05) is 43.0 Å². The first-order valence-electron chi connectivity index (χ1n) is 11.2. The summed E-state index contributed by atoms with van der Waals surface area (Å²) in [4.78, 5) is 12.2. The number of hydrogen-bond donors (Lipinski definition) is 1. The lowest BCUT2D eigenvalue weighted by molar-refractivity contribution is -0.00879. The average molecular weight is 571 g/mol. The standard InChI is InChI=1S/C24H34N4O2S.HI/c1-18-6-4-5-7-20(18)22-17-28(12-15-30-22)24(25-3)26-16-21(23-9-8-19(2)31-23)27-10-13-29-14-11-27;/h4-9,21-22H,10-17H2,1-3H3,(H,25,26);1H.